The second-order valence-electron chi connectivity index (χ2n) is 1.90. The van der Waals surface area contributed by atoms with Crippen LogP contribution in [0.3, 0.4) is 0 Å². The molecule has 1 aromatic carbocycles. The van der Waals surface area contributed by atoms with Gasteiger partial charge in [-0.15, -0.1) is 0 Å². The van der Waals surface area contributed by atoms with Crippen LogP contribution in [0.2, 0.25) is 0 Å². The molecular formula is C9H14BF4-. The minimum atomic E-state index is -3.67. The minimum absolute atomic E-state index is 0. The van der Waals surface area contributed by atoms with Gasteiger partial charge >= 0.3 is 7.54 Å². The zero-order valence-electron chi connectivity index (χ0n) is 8.48. The Morgan fingerprint density at radius 3 is 1.36 bits per heavy atom. The van der Waals surface area contributed by atoms with Crippen LogP contribution in [0.15, 0.2) is 30.3 Å². The highest BCUT2D eigenvalue weighted by Crippen LogP contribution is 1.92. The van der Waals surface area contributed by atoms with Gasteiger partial charge in [-0.2, -0.15) is 0 Å². The third kappa shape index (κ3) is 22.4. The summed E-state index contributed by atoms with van der Waals surface area (Å²) < 4.78 is 29.0. The van der Waals surface area contributed by atoms with Crippen LogP contribution in [0.25, 0.3) is 0 Å². The van der Waals surface area contributed by atoms with Gasteiger partial charge in [-0.3, -0.25) is 12.9 Å². The van der Waals surface area contributed by atoms with Crippen LogP contribution in [-0.4, -0.2) is 7.54 Å². The van der Waals surface area contributed by atoms with Crippen molar-refractivity contribution in [2.75, 3.05) is 0 Å². The Kier molecular flexibility index (Phi) is 19.4. The molecule has 0 aliphatic heterocycles. The van der Waals surface area contributed by atoms with Crippen LogP contribution in [0, 0.1) is 6.92 Å². The zero-order chi connectivity index (χ0) is 10.7. The maximum atomic E-state index is 9.67. The molecule has 5 heteroatoms. The monoisotopic (exact) mass is 209 g/mol. The van der Waals surface area contributed by atoms with Crippen molar-refractivity contribution in [3.05, 3.63) is 35.9 Å². The fourth-order valence-corrected chi connectivity index (χ4v) is 0.534. The highest BCUT2D eigenvalue weighted by Gasteiger charge is 2.06. The minimum Gasteiger partial charge on any atom is -1.00 e. The van der Waals surface area contributed by atoms with Gasteiger partial charge in [0.05, 0.1) is 0 Å². The number of halogens is 4. The average molecular weight is 209 g/mol. The summed E-state index contributed by atoms with van der Waals surface area (Å²) in [4.78, 5) is 0. The van der Waals surface area contributed by atoms with Gasteiger partial charge < -0.3 is 4.70 Å². The van der Waals surface area contributed by atoms with Crippen molar-refractivity contribution in [2.45, 2.75) is 20.8 Å². The van der Waals surface area contributed by atoms with E-state index in [0.717, 1.165) is 0 Å². The van der Waals surface area contributed by atoms with Gasteiger partial charge in [-0.25, -0.2) is 0 Å². The fraction of sp³-hybridized carbons (Fsp3) is 0.333. The van der Waals surface area contributed by atoms with Crippen molar-refractivity contribution in [3.8, 4) is 0 Å². The lowest BCUT2D eigenvalue weighted by Crippen LogP contribution is -3.00. The van der Waals surface area contributed by atoms with Gasteiger partial charge in [0.25, 0.3) is 0 Å². The topological polar surface area (TPSA) is 0 Å². The molecule has 0 heterocycles. The van der Waals surface area contributed by atoms with Crippen molar-refractivity contribution < 1.29 is 17.7 Å². The number of hydrogen-bond donors (Lipinski definition) is 0. The maximum Gasteiger partial charge on any atom is 0.762 e. The normalized spacial score (nSPS) is 6.71. The lowest BCUT2D eigenvalue weighted by atomic mass is 10.2. The average Bonchev–Trinajstić information content (AvgIpc) is 2.08. The van der Waals surface area contributed by atoms with Crippen molar-refractivity contribution >= 4 is 7.54 Å². The van der Waals surface area contributed by atoms with Crippen molar-refractivity contribution in [1.29, 1.82) is 0 Å². The van der Waals surface area contributed by atoms with E-state index >= 15 is 0 Å². The van der Waals surface area contributed by atoms with Crippen molar-refractivity contribution in [1.82, 2.24) is 0 Å². The first kappa shape index (κ1) is 18.7. The second kappa shape index (κ2) is 14.5. The largest absolute Gasteiger partial charge is 1.00 e. The molecule has 0 N–H and O–H groups in total. The summed E-state index contributed by atoms with van der Waals surface area (Å²) in [6, 6.07) is 10.3. The molecule has 14 heavy (non-hydrogen) atoms. The van der Waals surface area contributed by atoms with E-state index < -0.39 is 7.54 Å². The lowest BCUT2D eigenvalue weighted by molar-refractivity contribution is -0.00000571. The number of hydrogen-bond acceptors (Lipinski definition) is 0. The van der Waals surface area contributed by atoms with E-state index in [9.17, 15) is 12.9 Å². The lowest BCUT2D eigenvalue weighted by Gasteiger charge is -1.82. The molecule has 0 saturated heterocycles. The first-order chi connectivity index (χ1) is 6.13. The van der Waals surface area contributed by atoms with Crippen LogP contribution in [0.1, 0.15) is 19.4 Å². The van der Waals surface area contributed by atoms with E-state index in [1.165, 1.54) is 5.56 Å². The van der Waals surface area contributed by atoms with Gasteiger partial charge in [0, 0.05) is 0 Å². The van der Waals surface area contributed by atoms with Crippen LogP contribution in [0.5, 0.6) is 0 Å². The van der Waals surface area contributed by atoms with Crippen LogP contribution < -0.4 is 4.70 Å². The third-order valence-electron chi connectivity index (χ3n) is 0.940. The Bertz CT molecular complexity index is 177. The third-order valence-corrected chi connectivity index (χ3v) is 0.940. The highest BCUT2D eigenvalue weighted by atomic mass is 19.4. The van der Waals surface area contributed by atoms with E-state index in [1.54, 1.807) is 0 Å². The predicted octanol–water partition coefficient (Wildman–Crippen LogP) is 0.905. The van der Waals surface area contributed by atoms with Gasteiger partial charge in [-0.05, 0) is 6.92 Å². The quantitative estimate of drug-likeness (QED) is 0.440. The second-order valence-corrected chi connectivity index (χ2v) is 1.90. The number of aryl methyl sites for hydroxylation is 1. The summed E-state index contributed by atoms with van der Waals surface area (Å²) in [6.07, 6.45) is 0. The highest BCUT2D eigenvalue weighted by molar-refractivity contribution is 6.33. The van der Waals surface area contributed by atoms with Gasteiger partial charge in [-0.1, -0.05) is 49.7 Å². The Labute approximate surface area is 82.7 Å². The summed E-state index contributed by atoms with van der Waals surface area (Å²) >= 11 is 0. The number of rotatable bonds is 0. The molecule has 0 fully saturated rings. The molecular weight excluding hydrogens is 195 g/mol. The van der Waals surface area contributed by atoms with Crippen molar-refractivity contribution in [3.63, 3.8) is 0 Å². The molecule has 0 aliphatic rings. The van der Waals surface area contributed by atoms with Gasteiger partial charge in [0.2, 0.25) is 0 Å². The molecule has 0 saturated carbocycles. The van der Waals surface area contributed by atoms with Crippen molar-refractivity contribution in [2.24, 2.45) is 0 Å². The molecule has 1 rings (SSSR count). The Morgan fingerprint density at radius 1 is 0.929 bits per heavy atom. The van der Waals surface area contributed by atoms with E-state index in [2.05, 4.69) is 19.1 Å². The molecule has 0 aliphatic carbocycles. The van der Waals surface area contributed by atoms with Crippen LogP contribution in [0.4, 0.5) is 12.9 Å². The van der Waals surface area contributed by atoms with E-state index in [-0.39, 0.29) is 4.70 Å². The molecule has 82 valence electrons. The predicted molar refractivity (Wildman–Crippen MR) is 51.6 cm³/mol. The molecule has 1 aromatic rings. The van der Waals surface area contributed by atoms with E-state index in [1.807, 2.05) is 32.0 Å². The molecule has 0 spiro atoms. The summed E-state index contributed by atoms with van der Waals surface area (Å²) in [5.74, 6) is 0. The molecule has 0 atom stereocenters. The first-order valence-corrected chi connectivity index (χ1v) is 4.07. The van der Waals surface area contributed by atoms with Crippen LogP contribution >= 0.6 is 0 Å². The molecule has 0 amide bonds. The van der Waals surface area contributed by atoms with E-state index in [0.29, 0.717) is 0 Å². The molecule has 0 aromatic heterocycles. The Morgan fingerprint density at radius 2 is 1.21 bits per heavy atom. The fourth-order valence-electron chi connectivity index (χ4n) is 0.534. The smallest absolute Gasteiger partial charge is 0.762 e. The summed E-state index contributed by atoms with van der Waals surface area (Å²) in [5.41, 5.74) is 1.32. The standard InChI is InChI=1S/C7H8.C2H6.BF3.FH/c1-7-5-3-2-4-6-7;1-2;2-1(3)4;/h2-6H,1H3;1-2H3;;1H/p-1. The Balaban J connectivity index is -0.000000152. The first-order valence-electron chi connectivity index (χ1n) is 4.07. The SMILES string of the molecule is CC.Cc1ccccc1.FB(F)F.[F-]. The summed E-state index contributed by atoms with van der Waals surface area (Å²) in [7, 11) is -3.67. The molecule has 0 bridgehead atoms. The summed E-state index contributed by atoms with van der Waals surface area (Å²) in [5, 5.41) is 0. The molecule has 0 unspecified atom stereocenters. The summed E-state index contributed by atoms with van der Waals surface area (Å²) in [6.45, 7) is 6.08. The molecule has 0 nitrogen and oxygen atoms in total. The Hall–Kier alpha value is -0.995. The van der Waals surface area contributed by atoms with Crippen LogP contribution in [-0.2, 0) is 0 Å². The molecule has 0 radical (unpaired) electrons. The maximum absolute atomic E-state index is 9.67. The zero-order valence-corrected chi connectivity index (χ0v) is 8.48. The number of benzene rings is 1. The van der Waals surface area contributed by atoms with Gasteiger partial charge in [0.15, 0.2) is 0 Å². The van der Waals surface area contributed by atoms with Gasteiger partial charge in [0.1, 0.15) is 0 Å². The van der Waals surface area contributed by atoms with E-state index in [4.69, 9.17) is 0 Å².